The molecule has 0 spiro atoms. The second kappa shape index (κ2) is 8.49. The smallest absolute Gasteiger partial charge is 0.243 e. The molecule has 7 heteroatoms. The van der Waals surface area contributed by atoms with Crippen LogP contribution >= 0.6 is 0 Å². The van der Waals surface area contributed by atoms with E-state index in [4.69, 9.17) is 4.74 Å². The first-order valence-electron chi connectivity index (χ1n) is 9.33. The van der Waals surface area contributed by atoms with Crippen LogP contribution in [-0.2, 0) is 10.0 Å². The van der Waals surface area contributed by atoms with Gasteiger partial charge in [-0.2, -0.15) is 4.72 Å². The minimum Gasteiger partial charge on any atom is -0.479 e. The number of aryl methyl sites for hydroxylation is 1. The van der Waals surface area contributed by atoms with Crippen LogP contribution in [-0.4, -0.2) is 31.5 Å². The Balaban J connectivity index is 1.41. The molecule has 2 aromatic carbocycles. The Kier molecular flexibility index (Phi) is 5.61. The van der Waals surface area contributed by atoms with E-state index >= 15 is 0 Å². The van der Waals surface area contributed by atoms with Gasteiger partial charge in [0.25, 0.3) is 0 Å². The largest absolute Gasteiger partial charge is 0.479 e. The standard InChI is InChI=1S/C23H19N3O3S/c1-17-12-13-19-8-5-11-21(23(19)26-17)30(27,28)25-15-2-3-16-29-20-10-4-7-18-9-6-14-24-22(18)20/h4-14,25H,15-16H2,1H3. The van der Waals surface area contributed by atoms with Gasteiger partial charge in [-0.15, -0.1) is 0 Å². The van der Waals surface area contributed by atoms with Gasteiger partial charge in [0.15, 0.2) is 0 Å². The molecule has 0 bridgehead atoms. The maximum absolute atomic E-state index is 12.7. The topological polar surface area (TPSA) is 81.2 Å². The molecule has 0 atom stereocenters. The molecule has 6 nitrogen and oxygen atoms in total. The maximum Gasteiger partial charge on any atom is 0.243 e. The van der Waals surface area contributed by atoms with Crippen molar-refractivity contribution < 1.29 is 13.2 Å². The summed E-state index contributed by atoms with van der Waals surface area (Å²) in [6.07, 6.45) is 1.71. The Bertz CT molecular complexity index is 1380. The van der Waals surface area contributed by atoms with E-state index in [1.807, 2.05) is 55.5 Å². The van der Waals surface area contributed by atoms with Gasteiger partial charge in [-0.1, -0.05) is 48.2 Å². The van der Waals surface area contributed by atoms with Gasteiger partial charge in [0.05, 0.1) is 12.1 Å². The minimum absolute atomic E-state index is 0.0261. The lowest BCUT2D eigenvalue weighted by molar-refractivity contribution is 0.374. The van der Waals surface area contributed by atoms with Gasteiger partial charge in [0, 0.05) is 22.7 Å². The van der Waals surface area contributed by atoms with Gasteiger partial charge in [-0.25, -0.2) is 8.42 Å². The van der Waals surface area contributed by atoms with Gasteiger partial charge in [0.2, 0.25) is 10.0 Å². The number of para-hydroxylation sites is 2. The van der Waals surface area contributed by atoms with Gasteiger partial charge in [0.1, 0.15) is 22.8 Å². The summed E-state index contributed by atoms with van der Waals surface area (Å²) in [7, 11) is -3.74. The van der Waals surface area contributed by atoms with E-state index < -0.39 is 10.0 Å². The number of rotatable bonds is 5. The summed E-state index contributed by atoms with van der Waals surface area (Å²) in [6.45, 7) is 1.93. The summed E-state index contributed by atoms with van der Waals surface area (Å²) < 4.78 is 33.6. The van der Waals surface area contributed by atoms with Gasteiger partial charge < -0.3 is 4.74 Å². The lowest BCUT2D eigenvalue weighted by Crippen LogP contribution is -2.24. The average Bonchev–Trinajstić information content (AvgIpc) is 2.75. The Labute approximate surface area is 175 Å². The number of nitrogens with zero attached hydrogens (tertiary/aromatic N) is 2. The highest BCUT2D eigenvalue weighted by Crippen LogP contribution is 2.23. The number of sulfonamides is 1. The van der Waals surface area contributed by atoms with Crippen molar-refractivity contribution in [1.82, 2.24) is 14.7 Å². The van der Waals surface area contributed by atoms with Crippen molar-refractivity contribution in [3.05, 3.63) is 72.6 Å². The van der Waals surface area contributed by atoms with Crippen LogP contribution in [0.3, 0.4) is 0 Å². The molecule has 4 aromatic rings. The maximum atomic E-state index is 12.7. The number of pyridine rings is 2. The van der Waals surface area contributed by atoms with Crippen molar-refractivity contribution in [2.45, 2.75) is 11.8 Å². The Morgan fingerprint density at radius 1 is 0.933 bits per heavy atom. The summed E-state index contributed by atoms with van der Waals surface area (Å²) in [6, 6.07) is 18.3. The van der Waals surface area contributed by atoms with Crippen molar-refractivity contribution in [2.75, 3.05) is 13.2 Å². The van der Waals surface area contributed by atoms with Crippen molar-refractivity contribution in [2.24, 2.45) is 0 Å². The summed E-state index contributed by atoms with van der Waals surface area (Å²) in [5.74, 6) is 6.25. The Hall–Kier alpha value is -3.47. The third kappa shape index (κ3) is 4.25. The number of ether oxygens (including phenoxy) is 1. The van der Waals surface area contributed by atoms with Crippen LogP contribution in [0.4, 0.5) is 0 Å². The summed E-state index contributed by atoms with van der Waals surface area (Å²) >= 11 is 0. The van der Waals surface area contributed by atoms with E-state index in [2.05, 4.69) is 26.5 Å². The van der Waals surface area contributed by atoms with Crippen LogP contribution in [0.25, 0.3) is 21.8 Å². The number of benzene rings is 2. The van der Waals surface area contributed by atoms with Crippen molar-refractivity contribution >= 4 is 31.8 Å². The molecule has 2 aromatic heterocycles. The zero-order valence-electron chi connectivity index (χ0n) is 16.3. The Morgan fingerprint density at radius 2 is 1.70 bits per heavy atom. The molecule has 1 N–H and O–H groups in total. The third-order valence-corrected chi connectivity index (χ3v) is 5.92. The number of nitrogens with one attached hydrogen (secondary N) is 1. The van der Waals surface area contributed by atoms with Crippen LogP contribution < -0.4 is 9.46 Å². The molecule has 0 saturated heterocycles. The van der Waals surface area contributed by atoms with E-state index in [0.717, 1.165) is 22.0 Å². The van der Waals surface area contributed by atoms with Crippen LogP contribution in [0.2, 0.25) is 0 Å². The van der Waals surface area contributed by atoms with Crippen molar-refractivity contribution in [1.29, 1.82) is 0 Å². The molecule has 0 saturated carbocycles. The van der Waals surface area contributed by atoms with E-state index in [-0.39, 0.29) is 18.0 Å². The summed E-state index contributed by atoms with van der Waals surface area (Å²) in [5, 5.41) is 1.75. The summed E-state index contributed by atoms with van der Waals surface area (Å²) in [5.41, 5.74) is 1.97. The lowest BCUT2D eigenvalue weighted by atomic mass is 10.2. The first-order valence-corrected chi connectivity index (χ1v) is 10.8. The average molecular weight is 417 g/mol. The highest BCUT2D eigenvalue weighted by Gasteiger charge is 2.17. The third-order valence-electron chi connectivity index (χ3n) is 4.48. The molecule has 30 heavy (non-hydrogen) atoms. The van der Waals surface area contributed by atoms with Crippen LogP contribution in [0.1, 0.15) is 5.69 Å². The monoisotopic (exact) mass is 417 g/mol. The quantitative estimate of drug-likeness (QED) is 0.503. The molecule has 4 rings (SSSR count). The predicted molar refractivity (Wildman–Crippen MR) is 117 cm³/mol. The van der Waals surface area contributed by atoms with Gasteiger partial charge >= 0.3 is 0 Å². The summed E-state index contributed by atoms with van der Waals surface area (Å²) in [4.78, 5) is 8.84. The molecular formula is C23H19N3O3S. The first-order chi connectivity index (χ1) is 14.5. The number of aromatic nitrogens is 2. The molecule has 150 valence electrons. The van der Waals surface area contributed by atoms with E-state index in [0.29, 0.717) is 11.3 Å². The first kappa shape index (κ1) is 19.8. The van der Waals surface area contributed by atoms with Gasteiger partial charge in [-0.05, 0) is 31.2 Å². The second-order valence-electron chi connectivity index (χ2n) is 6.58. The van der Waals surface area contributed by atoms with Crippen LogP contribution in [0.5, 0.6) is 5.75 Å². The molecule has 0 aliphatic heterocycles. The fourth-order valence-electron chi connectivity index (χ4n) is 3.06. The fourth-order valence-corrected chi connectivity index (χ4v) is 4.16. The fraction of sp³-hybridized carbons (Fsp3) is 0.130. The zero-order valence-corrected chi connectivity index (χ0v) is 17.1. The molecule has 0 aliphatic carbocycles. The predicted octanol–water partition coefficient (Wildman–Crippen LogP) is 3.45. The highest BCUT2D eigenvalue weighted by atomic mass is 32.2. The minimum atomic E-state index is -3.74. The van der Waals surface area contributed by atoms with Crippen LogP contribution in [0.15, 0.2) is 71.8 Å². The van der Waals surface area contributed by atoms with E-state index in [1.54, 1.807) is 18.3 Å². The lowest BCUT2D eigenvalue weighted by Gasteiger charge is -2.08. The molecule has 2 heterocycles. The highest BCUT2D eigenvalue weighted by molar-refractivity contribution is 7.89. The van der Waals surface area contributed by atoms with E-state index in [1.165, 1.54) is 0 Å². The molecule has 0 amide bonds. The second-order valence-corrected chi connectivity index (χ2v) is 8.31. The molecule has 0 fully saturated rings. The van der Waals surface area contributed by atoms with Crippen LogP contribution in [0, 0.1) is 18.8 Å². The number of hydrogen-bond acceptors (Lipinski definition) is 5. The zero-order chi connectivity index (χ0) is 21.0. The number of hydrogen-bond donors (Lipinski definition) is 1. The normalized spacial score (nSPS) is 11.2. The molecule has 0 aliphatic rings. The van der Waals surface area contributed by atoms with Crippen molar-refractivity contribution in [3.8, 4) is 17.6 Å². The van der Waals surface area contributed by atoms with E-state index in [9.17, 15) is 8.42 Å². The van der Waals surface area contributed by atoms with Crippen molar-refractivity contribution in [3.63, 3.8) is 0 Å². The van der Waals surface area contributed by atoms with Gasteiger partial charge in [-0.3, -0.25) is 9.97 Å². The molecule has 0 unspecified atom stereocenters. The number of fused-ring (bicyclic) bond motifs is 2. The SMILES string of the molecule is Cc1ccc2cccc(S(=O)(=O)NCC#CCOc3cccc4cccnc34)c2n1. The molecule has 0 radical (unpaired) electrons. The Morgan fingerprint density at radius 3 is 2.57 bits per heavy atom. The molecular weight excluding hydrogens is 398 g/mol.